The number of carbonyl (C=O) groups excluding carboxylic acids is 1. The fourth-order valence-electron chi connectivity index (χ4n) is 6.30. The predicted octanol–water partition coefficient (Wildman–Crippen LogP) is 1.92. The van der Waals surface area contributed by atoms with E-state index in [4.69, 9.17) is 4.74 Å². The standard InChI is InChI=1S/C21H27NO4/c1-22(12-14-3-4-14)9-8-20-13-26-19-16(24)6-5-15(18(19)20)11-17(22)21(20,25)7-2-10-23/h5-6,10,14,17,25H,2-4,7-9,11-13H2,1H3/p+1/t17?,20-,21?,22+/m1/s1. The number of hydrogen-bond donors (Lipinski definition) is 2. The molecular weight excluding hydrogens is 330 g/mol. The van der Waals surface area contributed by atoms with Crippen LogP contribution in [0.2, 0.25) is 0 Å². The molecule has 0 radical (unpaired) electrons. The molecule has 4 atom stereocenters. The average Bonchev–Trinajstić information content (AvgIpc) is 3.32. The molecule has 1 saturated heterocycles. The first-order chi connectivity index (χ1) is 12.4. The van der Waals surface area contributed by atoms with Crippen molar-refractivity contribution >= 4 is 6.29 Å². The second-order valence-corrected chi connectivity index (χ2v) is 9.25. The van der Waals surface area contributed by atoms with Crippen LogP contribution in [-0.4, -0.2) is 59.4 Å². The summed E-state index contributed by atoms with van der Waals surface area (Å²) in [4.78, 5) is 11.2. The van der Waals surface area contributed by atoms with E-state index in [1.165, 1.54) is 18.4 Å². The van der Waals surface area contributed by atoms with Crippen LogP contribution in [0.1, 0.15) is 43.2 Å². The van der Waals surface area contributed by atoms with Gasteiger partial charge in [0.1, 0.15) is 24.5 Å². The van der Waals surface area contributed by atoms with E-state index in [-0.39, 0.29) is 11.8 Å². The third-order valence-corrected chi connectivity index (χ3v) is 7.78. The number of ether oxygens (including phenoxy) is 1. The van der Waals surface area contributed by atoms with Crippen LogP contribution >= 0.6 is 0 Å². The molecule has 2 N–H and O–H groups in total. The van der Waals surface area contributed by atoms with Gasteiger partial charge in [-0.1, -0.05) is 6.07 Å². The highest BCUT2D eigenvalue weighted by atomic mass is 16.5. The molecule has 1 saturated carbocycles. The van der Waals surface area contributed by atoms with Crippen molar-refractivity contribution in [3.8, 4) is 11.5 Å². The van der Waals surface area contributed by atoms with Crippen LogP contribution in [0.4, 0.5) is 0 Å². The van der Waals surface area contributed by atoms with Gasteiger partial charge in [0.2, 0.25) is 0 Å². The third-order valence-electron chi connectivity index (χ3n) is 7.78. The van der Waals surface area contributed by atoms with E-state index < -0.39 is 11.0 Å². The van der Waals surface area contributed by atoms with E-state index in [2.05, 4.69) is 7.05 Å². The number of nitrogens with zero attached hydrogens (tertiary/aromatic N) is 1. The number of aliphatic hydroxyl groups is 1. The van der Waals surface area contributed by atoms with Gasteiger partial charge in [-0.3, -0.25) is 0 Å². The summed E-state index contributed by atoms with van der Waals surface area (Å²) in [6, 6.07) is 3.81. The summed E-state index contributed by atoms with van der Waals surface area (Å²) in [6.07, 6.45) is 5.98. The van der Waals surface area contributed by atoms with Crippen LogP contribution in [-0.2, 0) is 16.6 Å². The number of likely N-dealkylation sites (N-methyl/N-ethyl adjacent to an activating group) is 1. The van der Waals surface area contributed by atoms with E-state index >= 15 is 0 Å². The molecule has 26 heavy (non-hydrogen) atoms. The average molecular weight is 358 g/mol. The van der Waals surface area contributed by atoms with Crippen molar-refractivity contribution in [2.75, 3.05) is 26.7 Å². The lowest BCUT2D eigenvalue weighted by Gasteiger charge is -2.62. The SMILES string of the molecule is C[N@@+]1(CC2CC2)CC[C@@]23COc4c(O)ccc(c42)CC1C3(O)CCC=O. The Labute approximate surface area is 154 Å². The lowest BCUT2D eigenvalue weighted by Crippen LogP contribution is -2.77. The summed E-state index contributed by atoms with van der Waals surface area (Å²) < 4.78 is 6.85. The largest absolute Gasteiger partial charge is 0.504 e. The summed E-state index contributed by atoms with van der Waals surface area (Å²) >= 11 is 0. The molecule has 5 heteroatoms. The number of rotatable bonds is 5. The summed E-state index contributed by atoms with van der Waals surface area (Å²) in [5.41, 5.74) is 0.752. The zero-order valence-electron chi connectivity index (χ0n) is 15.4. The van der Waals surface area contributed by atoms with Crippen LogP contribution in [0.25, 0.3) is 0 Å². The van der Waals surface area contributed by atoms with Crippen molar-refractivity contribution in [2.45, 2.75) is 55.6 Å². The smallest absolute Gasteiger partial charge is 0.165 e. The Morgan fingerprint density at radius 1 is 1.38 bits per heavy atom. The Hall–Kier alpha value is -1.59. The van der Waals surface area contributed by atoms with Crippen molar-refractivity contribution in [2.24, 2.45) is 5.92 Å². The van der Waals surface area contributed by atoms with Crippen molar-refractivity contribution in [1.82, 2.24) is 0 Å². The first-order valence-electron chi connectivity index (χ1n) is 9.92. The highest BCUT2D eigenvalue weighted by Gasteiger charge is 2.70. The van der Waals surface area contributed by atoms with Gasteiger partial charge in [0.25, 0.3) is 0 Å². The van der Waals surface area contributed by atoms with Gasteiger partial charge in [0, 0.05) is 30.7 Å². The molecular formula is C21H28NO4+. The number of benzene rings is 1. The van der Waals surface area contributed by atoms with Gasteiger partial charge in [0.05, 0.1) is 25.6 Å². The Morgan fingerprint density at radius 3 is 2.92 bits per heavy atom. The van der Waals surface area contributed by atoms with Crippen molar-refractivity contribution in [3.05, 3.63) is 23.3 Å². The maximum absolute atomic E-state index is 12.1. The van der Waals surface area contributed by atoms with Crippen LogP contribution in [0.15, 0.2) is 12.1 Å². The van der Waals surface area contributed by atoms with E-state index in [0.29, 0.717) is 25.2 Å². The molecule has 2 fully saturated rings. The normalized spacial score (nSPS) is 40.0. The van der Waals surface area contributed by atoms with E-state index in [9.17, 15) is 15.0 Å². The lowest BCUT2D eigenvalue weighted by atomic mass is 9.53. The Bertz CT molecular complexity index is 776. The minimum absolute atomic E-state index is 0.0726. The topological polar surface area (TPSA) is 66.8 Å². The van der Waals surface area contributed by atoms with Gasteiger partial charge in [-0.15, -0.1) is 0 Å². The molecule has 2 aliphatic heterocycles. The summed E-state index contributed by atoms with van der Waals surface area (Å²) in [5, 5.41) is 22.4. The van der Waals surface area contributed by atoms with E-state index in [1.807, 2.05) is 6.07 Å². The van der Waals surface area contributed by atoms with E-state index in [1.54, 1.807) is 6.07 Å². The number of phenolic OH excluding ortho intramolecular Hbond substituents is 1. The lowest BCUT2D eigenvalue weighted by molar-refractivity contribution is -0.950. The Balaban J connectivity index is 1.68. The number of carbonyl (C=O) groups is 1. The predicted molar refractivity (Wildman–Crippen MR) is 96.3 cm³/mol. The molecule has 0 aromatic heterocycles. The number of hydrogen-bond acceptors (Lipinski definition) is 4. The number of fused-ring (bicyclic) bond motifs is 1. The van der Waals surface area contributed by atoms with Crippen molar-refractivity contribution < 1.29 is 24.2 Å². The minimum atomic E-state index is -0.970. The number of aromatic hydroxyl groups is 1. The van der Waals surface area contributed by atoms with Gasteiger partial charge < -0.3 is 24.2 Å². The fourth-order valence-corrected chi connectivity index (χ4v) is 6.30. The zero-order valence-corrected chi connectivity index (χ0v) is 15.4. The Morgan fingerprint density at radius 2 is 2.19 bits per heavy atom. The van der Waals surface area contributed by atoms with E-state index in [0.717, 1.165) is 48.2 Å². The van der Waals surface area contributed by atoms with Gasteiger partial charge in [-0.25, -0.2) is 0 Å². The van der Waals surface area contributed by atoms with Gasteiger partial charge in [0.15, 0.2) is 11.5 Å². The highest BCUT2D eigenvalue weighted by Crippen LogP contribution is 2.61. The molecule has 2 bridgehead atoms. The minimum Gasteiger partial charge on any atom is -0.504 e. The summed E-state index contributed by atoms with van der Waals surface area (Å²) in [5.74, 6) is 1.50. The van der Waals surface area contributed by atoms with Crippen LogP contribution in [0, 0.1) is 5.92 Å². The number of quaternary nitrogens is 1. The quantitative estimate of drug-likeness (QED) is 0.623. The van der Waals surface area contributed by atoms with Crippen molar-refractivity contribution in [1.29, 1.82) is 0 Å². The molecule has 2 unspecified atom stereocenters. The molecule has 2 heterocycles. The molecule has 0 amide bonds. The molecule has 1 aromatic carbocycles. The number of piperidine rings is 1. The first kappa shape index (κ1) is 16.6. The summed E-state index contributed by atoms with van der Waals surface area (Å²) in [7, 11) is 2.30. The number of likely N-dealkylation sites (tertiary alicyclic amines) is 1. The van der Waals surface area contributed by atoms with Crippen molar-refractivity contribution in [3.63, 3.8) is 0 Å². The number of phenols is 1. The molecule has 5 rings (SSSR count). The monoisotopic (exact) mass is 358 g/mol. The van der Waals surface area contributed by atoms with Crippen LogP contribution in [0.5, 0.6) is 11.5 Å². The molecule has 1 spiro atoms. The van der Waals surface area contributed by atoms with Crippen LogP contribution in [0.3, 0.4) is 0 Å². The number of aldehydes is 1. The zero-order chi connectivity index (χ0) is 18.2. The second kappa shape index (κ2) is 5.23. The highest BCUT2D eigenvalue weighted by molar-refractivity contribution is 5.60. The molecule has 140 valence electrons. The molecule has 2 aliphatic carbocycles. The van der Waals surface area contributed by atoms with Gasteiger partial charge >= 0.3 is 0 Å². The second-order valence-electron chi connectivity index (χ2n) is 9.25. The van der Waals surface area contributed by atoms with Gasteiger partial charge in [-0.2, -0.15) is 0 Å². The molecule has 1 aromatic rings. The third kappa shape index (κ3) is 1.96. The molecule has 5 nitrogen and oxygen atoms in total. The fraction of sp³-hybridized carbons (Fsp3) is 0.667. The maximum atomic E-state index is 12.1. The first-order valence-corrected chi connectivity index (χ1v) is 9.92. The summed E-state index contributed by atoms with van der Waals surface area (Å²) in [6.45, 7) is 2.54. The maximum Gasteiger partial charge on any atom is 0.165 e. The molecule has 4 aliphatic rings. The van der Waals surface area contributed by atoms with Crippen LogP contribution < -0.4 is 4.74 Å². The van der Waals surface area contributed by atoms with Gasteiger partial charge in [-0.05, 0) is 30.9 Å². The Kier molecular flexibility index (Phi) is 3.33.